The number of nitrogens with two attached hydrogens (primary N) is 1. The first-order chi connectivity index (χ1) is 8.22. The van der Waals surface area contributed by atoms with Gasteiger partial charge in [-0.2, -0.15) is 0 Å². The van der Waals surface area contributed by atoms with Gasteiger partial charge in [0.25, 0.3) is 0 Å². The molecule has 0 radical (unpaired) electrons. The molecular formula is C14H22BrClN2. The fraction of sp³-hybridized carbons (Fsp3) is 0.571. The van der Waals surface area contributed by atoms with Crippen molar-refractivity contribution in [1.82, 2.24) is 4.90 Å². The van der Waals surface area contributed by atoms with E-state index in [1.807, 2.05) is 0 Å². The number of piperidine rings is 1. The van der Waals surface area contributed by atoms with Crippen molar-refractivity contribution in [2.45, 2.75) is 25.8 Å². The number of hydrogen-bond acceptors (Lipinski definition) is 2. The molecule has 18 heavy (non-hydrogen) atoms. The average Bonchev–Trinajstić information content (AvgIpc) is 2.39. The van der Waals surface area contributed by atoms with Crippen LogP contribution in [0.25, 0.3) is 0 Å². The van der Waals surface area contributed by atoms with Gasteiger partial charge in [0, 0.05) is 10.5 Å². The van der Waals surface area contributed by atoms with E-state index in [4.69, 9.17) is 5.73 Å². The van der Waals surface area contributed by atoms with Gasteiger partial charge in [0.1, 0.15) is 0 Å². The predicted molar refractivity (Wildman–Crippen MR) is 83.2 cm³/mol. The van der Waals surface area contributed by atoms with Crippen LogP contribution in [0.2, 0.25) is 0 Å². The molecule has 4 heteroatoms. The molecule has 1 heterocycles. The molecule has 1 aromatic carbocycles. The normalized spacial score (nSPS) is 19.3. The molecule has 0 spiro atoms. The first-order valence-corrected chi connectivity index (χ1v) is 7.20. The lowest BCUT2D eigenvalue weighted by molar-refractivity contribution is 0.143. The summed E-state index contributed by atoms with van der Waals surface area (Å²) >= 11 is 3.64. The summed E-state index contributed by atoms with van der Waals surface area (Å²) in [5.41, 5.74) is 7.12. The first-order valence-electron chi connectivity index (χ1n) is 6.41. The molecule has 1 unspecified atom stereocenters. The topological polar surface area (TPSA) is 29.3 Å². The van der Waals surface area contributed by atoms with Gasteiger partial charge < -0.3 is 5.73 Å². The Morgan fingerprint density at radius 2 is 1.94 bits per heavy atom. The van der Waals surface area contributed by atoms with Crippen molar-refractivity contribution in [3.05, 3.63) is 34.3 Å². The SMILES string of the molecule is CC(c1ccccc1Br)N1CCC(CN)CC1.Cl. The van der Waals surface area contributed by atoms with Gasteiger partial charge in [-0.15, -0.1) is 12.4 Å². The third-order valence-electron chi connectivity index (χ3n) is 3.89. The summed E-state index contributed by atoms with van der Waals surface area (Å²) in [5, 5.41) is 0. The Hall–Kier alpha value is -0.0900. The highest BCUT2D eigenvalue weighted by Gasteiger charge is 2.23. The van der Waals surface area contributed by atoms with Crippen LogP contribution in [0.3, 0.4) is 0 Å². The highest BCUT2D eigenvalue weighted by Crippen LogP contribution is 2.30. The molecule has 0 saturated carbocycles. The van der Waals surface area contributed by atoms with Crippen molar-refractivity contribution in [1.29, 1.82) is 0 Å². The highest BCUT2D eigenvalue weighted by atomic mass is 79.9. The second-order valence-electron chi connectivity index (χ2n) is 4.91. The van der Waals surface area contributed by atoms with Crippen LogP contribution in [0.15, 0.2) is 28.7 Å². The van der Waals surface area contributed by atoms with E-state index >= 15 is 0 Å². The van der Waals surface area contributed by atoms with E-state index in [9.17, 15) is 0 Å². The van der Waals surface area contributed by atoms with E-state index in [-0.39, 0.29) is 12.4 Å². The lowest BCUT2D eigenvalue weighted by Crippen LogP contribution is -2.37. The van der Waals surface area contributed by atoms with E-state index < -0.39 is 0 Å². The Balaban J connectivity index is 0.00000162. The molecule has 1 fully saturated rings. The Morgan fingerprint density at radius 1 is 1.33 bits per heavy atom. The monoisotopic (exact) mass is 332 g/mol. The average molecular weight is 334 g/mol. The second-order valence-corrected chi connectivity index (χ2v) is 5.77. The Bertz CT molecular complexity index is 365. The minimum absolute atomic E-state index is 0. The zero-order valence-corrected chi connectivity index (χ0v) is 13.2. The van der Waals surface area contributed by atoms with Crippen LogP contribution in [0.5, 0.6) is 0 Å². The van der Waals surface area contributed by atoms with Crippen LogP contribution in [-0.4, -0.2) is 24.5 Å². The fourth-order valence-electron chi connectivity index (χ4n) is 2.59. The number of hydrogen-bond donors (Lipinski definition) is 1. The van der Waals surface area contributed by atoms with Gasteiger partial charge in [-0.05, 0) is 56.9 Å². The summed E-state index contributed by atoms with van der Waals surface area (Å²) in [6, 6.07) is 9.01. The first kappa shape index (κ1) is 16.0. The summed E-state index contributed by atoms with van der Waals surface area (Å²) in [7, 11) is 0. The van der Waals surface area contributed by atoms with Gasteiger partial charge >= 0.3 is 0 Å². The molecule has 0 bridgehead atoms. The van der Waals surface area contributed by atoms with E-state index in [1.54, 1.807) is 0 Å². The third-order valence-corrected chi connectivity index (χ3v) is 4.61. The van der Waals surface area contributed by atoms with Crippen molar-refractivity contribution in [3.63, 3.8) is 0 Å². The highest BCUT2D eigenvalue weighted by molar-refractivity contribution is 9.10. The predicted octanol–water partition coefficient (Wildman–Crippen LogP) is 3.60. The summed E-state index contributed by atoms with van der Waals surface area (Å²) in [6.45, 7) is 5.48. The van der Waals surface area contributed by atoms with Gasteiger partial charge in [0.05, 0.1) is 0 Å². The largest absolute Gasteiger partial charge is 0.330 e. The molecule has 0 aliphatic carbocycles. The summed E-state index contributed by atoms with van der Waals surface area (Å²) in [5.74, 6) is 0.734. The number of halogens is 2. The van der Waals surface area contributed by atoms with E-state index in [0.717, 1.165) is 12.5 Å². The minimum atomic E-state index is 0. The molecule has 1 aliphatic rings. The van der Waals surface area contributed by atoms with Crippen LogP contribution in [0.1, 0.15) is 31.4 Å². The number of rotatable bonds is 3. The second kappa shape index (κ2) is 7.49. The number of likely N-dealkylation sites (tertiary alicyclic amines) is 1. The molecule has 1 aliphatic heterocycles. The van der Waals surface area contributed by atoms with E-state index in [1.165, 1.54) is 36.0 Å². The van der Waals surface area contributed by atoms with Gasteiger partial charge in [0.15, 0.2) is 0 Å². The summed E-state index contributed by atoms with van der Waals surface area (Å²) < 4.78 is 1.22. The molecule has 1 saturated heterocycles. The van der Waals surface area contributed by atoms with Crippen molar-refractivity contribution < 1.29 is 0 Å². The molecule has 1 aromatic rings. The molecule has 2 nitrogen and oxygen atoms in total. The zero-order valence-electron chi connectivity index (χ0n) is 10.8. The lowest BCUT2D eigenvalue weighted by Gasteiger charge is -2.36. The van der Waals surface area contributed by atoms with Crippen molar-refractivity contribution in [2.75, 3.05) is 19.6 Å². The van der Waals surface area contributed by atoms with Crippen molar-refractivity contribution in [2.24, 2.45) is 11.7 Å². The molecule has 102 valence electrons. The van der Waals surface area contributed by atoms with Crippen molar-refractivity contribution >= 4 is 28.3 Å². The van der Waals surface area contributed by atoms with Crippen LogP contribution in [0.4, 0.5) is 0 Å². The van der Waals surface area contributed by atoms with E-state index in [2.05, 4.69) is 52.0 Å². The smallest absolute Gasteiger partial charge is 0.0331 e. The molecule has 1 atom stereocenters. The fourth-order valence-corrected chi connectivity index (χ4v) is 3.20. The van der Waals surface area contributed by atoms with Crippen molar-refractivity contribution in [3.8, 4) is 0 Å². The Morgan fingerprint density at radius 3 is 2.50 bits per heavy atom. The summed E-state index contributed by atoms with van der Waals surface area (Å²) in [6.07, 6.45) is 2.48. The third kappa shape index (κ3) is 3.70. The quantitative estimate of drug-likeness (QED) is 0.915. The van der Waals surface area contributed by atoms with Gasteiger partial charge in [-0.25, -0.2) is 0 Å². The molecule has 2 N–H and O–H groups in total. The lowest BCUT2D eigenvalue weighted by atomic mass is 9.95. The standard InChI is InChI=1S/C14H21BrN2.ClH/c1-11(13-4-2-3-5-14(13)15)17-8-6-12(10-16)7-9-17;/h2-5,11-12H,6-10,16H2,1H3;1H. The molecule has 0 amide bonds. The van der Waals surface area contributed by atoms with Crippen LogP contribution in [-0.2, 0) is 0 Å². The van der Waals surface area contributed by atoms with E-state index in [0.29, 0.717) is 6.04 Å². The maximum atomic E-state index is 5.73. The number of benzene rings is 1. The maximum Gasteiger partial charge on any atom is 0.0331 e. The number of nitrogens with zero attached hydrogens (tertiary/aromatic N) is 1. The molecule has 0 aromatic heterocycles. The van der Waals surface area contributed by atoms with Crippen LogP contribution in [0, 0.1) is 5.92 Å². The Kier molecular flexibility index (Phi) is 6.64. The molecular weight excluding hydrogens is 312 g/mol. The molecule has 2 rings (SSSR count). The summed E-state index contributed by atoms with van der Waals surface area (Å²) in [4.78, 5) is 2.56. The Labute approximate surface area is 124 Å². The zero-order chi connectivity index (χ0) is 12.3. The maximum absolute atomic E-state index is 5.73. The van der Waals surface area contributed by atoms with Crippen LogP contribution >= 0.6 is 28.3 Å². The van der Waals surface area contributed by atoms with Gasteiger partial charge in [-0.3, -0.25) is 4.90 Å². The van der Waals surface area contributed by atoms with Crippen LogP contribution < -0.4 is 5.73 Å². The van der Waals surface area contributed by atoms with Gasteiger partial charge in [0.2, 0.25) is 0 Å². The minimum Gasteiger partial charge on any atom is -0.330 e. The van der Waals surface area contributed by atoms with Gasteiger partial charge in [-0.1, -0.05) is 34.1 Å².